The fourth-order valence-electron chi connectivity index (χ4n) is 5.15. The van der Waals surface area contributed by atoms with Gasteiger partial charge >= 0.3 is 4.87 Å². The van der Waals surface area contributed by atoms with E-state index in [0.29, 0.717) is 37.0 Å². The monoisotopic (exact) mass is 643 g/mol. The molecule has 0 saturated carbocycles. The summed E-state index contributed by atoms with van der Waals surface area (Å²) in [6.45, 7) is 0.150. The van der Waals surface area contributed by atoms with E-state index in [1.165, 1.54) is 31.4 Å². The number of thioether (sulfide) groups is 1. The second-order valence-electron chi connectivity index (χ2n) is 9.47. The lowest BCUT2D eigenvalue weighted by atomic mass is 9.83. The van der Waals surface area contributed by atoms with Gasteiger partial charge in [0.25, 0.3) is 5.69 Å². The number of ether oxygens (including phenoxy) is 2. The number of halogens is 2. The summed E-state index contributed by atoms with van der Waals surface area (Å²) >= 11 is 14.4. The number of nitrogens with one attached hydrogen (secondary N) is 1. The largest absolute Gasteiger partial charge is 0.493 e. The number of hydrogen-bond acceptors (Lipinski definition) is 9. The van der Waals surface area contributed by atoms with Gasteiger partial charge in [0.05, 0.1) is 28.7 Å². The molecule has 6 rings (SSSR count). The van der Waals surface area contributed by atoms with Crippen molar-refractivity contribution in [3.63, 3.8) is 0 Å². The number of nitro benzene ring substituents is 1. The van der Waals surface area contributed by atoms with E-state index in [4.69, 9.17) is 32.7 Å². The standard InChI is InChI=1S/C28H19Cl2N3O7S2/c1-39-20-10-13(3-9-19(20)40-12-14-2-4-15(29)11-18(14)30)21-22-24(41-25-23(21)42-28(36)31-25)27(35)32(26(22)34)16-5-7-17(8-6-16)33(37)38/h2-11,21-22,24H,12H2,1H3,(H,31,36)/t21-,22-,24+/m0/s1. The van der Waals surface area contributed by atoms with E-state index < -0.39 is 33.8 Å². The molecule has 3 heterocycles. The number of carbonyl (C=O) groups is 2. The Morgan fingerprint density at radius 3 is 2.45 bits per heavy atom. The molecule has 14 heteroatoms. The number of hydrogen-bond donors (Lipinski definition) is 1. The third-order valence-corrected chi connectivity index (χ3v) is 10.1. The molecular formula is C28H19Cl2N3O7S2. The average Bonchev–Trinajstić information content (AvgIpc) is 3.46. The topological polar surface area (TPSA) is 132 Å². The number of benzene rings is 3. The molecule has 0 bridgehead atoms. The first-order valence-corrected chi connectivity index (χ1v) is 14.9. The molecule has 0 unspecified atom stereocenters. The van der Waals surface area contributed by atoms with Gasteiger partial charge < -0.3 is 14.5 Å². The van der Waals surface area contributed by atoms with Gasteiger partial charge in [-0.2, -0.15) is 0 Å². The molecule has 0 spiro atoms. The molecule has 2 aliphatic rings. The number of rotatable bonds is 7. The molecule has 1 fully saturated rings. The van der Waals surface area contributed by atoms with Crippen LogP contribution >= 0.6 is 46.3 Å². The number of imide groups is 1. The summed E-state index contributed by atoms with van der Waals surface area (Å²) in [7, 11) is 1.49. The SMILES string of the molecule is COc1cc([C@@H]2c3sc(=O)[nH]c3S[C@H]3C(=O)N(c4ccc([N+](=O)[O-])cc4)C(=O)[C@@H]23)ccc1OCc1ccc(Cl)cc1Cl. The Hall–Kier alpha value is -3.84. The van der Waals surface area contributed by atoms with E-state index in [9.17, 15) is 24.5 Å². The Balaban J connectivity index is 1.36. The van der Waals surface area contributed by atoms with Crippen LogP contribution < -0.4 is 19.2 Å². The van der Waals surface area contributed by atoms with Crippen LogP contribution in [-0.4, -0.2) is 34.1 Å². The summed E-state index contributed by atoms with van der Waals surface area (Å²) in [5.74, 6) is -1.57. The van der Waals surface area contributed by atoms with Gasteiger partial charge in [-0.15, -0.1) is 0 Å². The predicted octanol–water partition coefficient (Wildman–Crippen LogP) is 6.03. The summed E-state index contributed by atoms with van der Waals surface area (Å²) in [5.41, 5.74) is 1.46. The van der Waals surface area contributed by atoms with Crippen LogP contribution in [0.3, 0.4) is 0 Å². The van der Waals surface area contributed by atoms with Crippen molar-refractivity contribution in [2.45, 2.75) is 22.8 Å². The summed E-state index contributed by atoms with van der Waals surface area (Å²) in [6, 6.07) is 15.6. The maximum atomic E-state index is 13.9. The minimum absolute atomic E-state index is 0.150. The minimum Gasteiger partial charge on any atom is -0.493 e. The Morgan fingerprint density at radius 1 is 1.00 bits per heavy atom. The molecule has 10 nitrogen and oxygen atoms in total. The first-order chi connectivity index (χ1) is 20.2. The number of thiazole rings is 1. The summed E-state index contributed by atoms with van der Waals surface area (Å²) in [5, 5.41) is 11.8. The van der Waals surface area contributed by atoms with E-state index in [2.05, 4.69) is 4.98 Å². The van der Waals surface area contributed by atoms with E-state index in [1.807, 2.05) is 0 Å². The van der Waals surface area contributed by atoms with E-state index >= 15 is 0 Å². The third kappa shape index (κ3) is 4.94. The number of fused-ring (bicyclic) bond motifs is 2. The van der Waals surface area contributed by atoms with Crippen LogP contribution in [0.5, 0.6) is 11.5 Å². The summed E-state index contributed by atoms with van der Waals surface area (Å²) in [4.78, 5) is 54.7. The van der Waals surface area contributed by atoms with Crippen molar-refractivity contribution < 1.29 is 24.0 Å². The maximum Gasteiger partial charge on any atom is 0.305 e. The molecule has 0 radical (unpaired) electrons. The van der Waals surface area contributed by atoms with Gasteiger partial charge in [0.1, 0.15) is 11.9 Å². The molecule has 4 aromatic rings. The third-order valence-electron chi connectivity index (χ3n) is 7.09. The molecule has 42 heavy (non-hydrogen) atoms. The number of H-pyrrole nitrogens is 1. The quantitative estimate of drug-likeness (QED) is 0.147. The number of nitro groups is 1. The second kappa shape index (κ2) is 11.1. The van der Waals surface area contributed by atoms with E-state index in [1.54, 1.807) is 36.4 Å². The molecule has 214 valence electrons. The average molecular weight is 645 g/mol. The zero-order chi connectivity index (χ0) is 29.7. The van der Waals surface area contributed by atoms with Gasteiger partial charge in [0.2, 0.25) is 11.8 Å². The van der Waals surface area contributed by atoms with Crippen LogP contribution in [0.2, 0.25) is 10.0 Å². The Bertz CT molecular complexity index is 1810. The molecule has 3 atom stereocenters. The maximum absolute atomic E-state index is 13.9. The van der Waals surface area contributed by atoms with Gasteiger partial charge in [-0.3, -0.25) is 24.5 Å². The Labute approximate surface area is 256 Å². The van der Waals surface area contributed by atoms with Gasteiger partial charge in [0.15, 0.2) is 11.5 Å². The van der Waals surface area contributed by atoms with E-state index in [-0.39, 0.29) is 22.9 Å². The van der Waals surface area contributed by atoms with Crippen molar-refractivity contribution in [3.05, 3.63) is 106 Å². The van der Waals surface area contributed by atoms with Gasteiger partial charge in [-0.25, -0.2) is 4.90 Å². The van der Waals surface area contributed by atoms with Gasteiger partial charge in [-0.05, 0) is 42.0 Å². The lowest BCUT2D eigenvalue weighted by Crippen LogP contribution is -2.32. The highest BCUT2D eigenvalue weighted by Gasteiger charge is 2.56. The molecule has 2 amide bonds. The van der Waals surface area contributed by atoms with Crippen molar-refractivity contribution in [1.29, 1.82) is 0 Å². The van der Waals surface area contributed by atoms with Crippen molar-refractivity contribution in [2.75, 3.05) is 12.0 Å². The van der Waals surface area contributed by atoms with Crippen molar-refractivity contribution in [3.8, 4) is 11.5 Å². The van der Waals surface area contributed by atoms with Crippen LogP contribution in [0.25, 0.3) is 0 Å². The highest BCUT2D eigenvalue weighted by Crippen LogP contribution is 2.54. The van der Waals surface area contributed by atoms with Crippen LogP contribution in [0.4, 0.5) is 11.4 Å². The van der Waals surface area contributed by atoms with Crippen LogP contribution in [0.15, 0.2) is 70.5 Å². The fraction of sp³-hybridized carbons (Fsp3) is 0.179. The number of aromatic amines is 1. The van der Waals surface area contributed by atoms with E-state index in [0.717, 1.165) is 33.6 Å². The second-order valence-corrected chi connectivity index (χ2v) is 12.5. The lowest BCUT2D eigenvalue weighted by Gasteiger charge is -2.30. The zero-order valence-corrected chi connectivity index (χ0v) is 24.7. The van der Waals surface area contributed by atoms with Crippen LogP contribution in [0.1, 0.15) is 21.9 Å². The molecule has 1 saturated heterocycles. The predicted molar refractivity (Wildman–Crippen MR) is 159 cm³/mol. The first-order valence-electron chi connectivity index (χ1n) is 12.4. The van der Waals surface area contributed by atoms with Gasteiger partial charge in [0, 0.05) is 38.5 Å². The van der Waals surface area contributed by atoms with Crippen LogP contribution in [0, 0.1) is 16.0 Å². The first kappa shape index (κ1) is 28.3. The molecule has 3 aromatic carbocycles. The highest BCUT2D eigenvalue weighted by molar-refractivity contribution is 8.00. The summed E-state index contributed by atoms with van der Waals surface area (Å²) in [6.07, 6.45) is 0. The number of methoxy groups -OCH3 is 1. The number of nitrogens with zero attached hydrogens (tertiary/aromatic N) is 2. The lowest BCUT2D eigenvalue weighted by molar-refractivity contribution is -0.384. The number of aromatic nitrogens is 1. The number of anilines is 1. The Morgan fingerprint density at radius 2 is 1.76 bits per heavy atom. The summed E-state index contributed by atoms with van der Waals surface area (Å²) < 4.78 is 11.6. The minimum atomic E-state index is -0.832. The molecule has 1 N–H and O–H groups in total. The van der Waals surface area contributed by atoms with Crippen LogP contribution in [-0.2, 0) is 16.2 Å². The van der Waals surface area contributed by atoms with Crippen molar-refractivity contribution >= 4 is 69.5 Å². The molecule has 0 aliphatic carbocycles. The van der Waals surface area contributed by atoms with Crippen molar-refractivity contribution in [1.82, 2.24) is 4.98 Å². The molecular weight excluding hydrogens is 625 g/mol. The smallest absolute Gasteiger partial charge is 0.305 e. The number of amides is 2. The zero-order valence-electron chi connectivity index (χ0n) is 21.5. The fourth-order valence-corrected chi connectivity index (χ4v) is 8.12. The number of non-ortho nitro benzene ring substituents is 1. The van der Waals surface area contributed by atoms with Crippen molar-refractivity contribution in [2.24, 2.45) is 5.92 Å². The highest BCUT2D eigenvalue weighted by atomic mass is 35.5. The van der Waals surface area contributed by atoms with Gasteiger partial charge in [-0.1, -0.05) is 58.4 Å². The normalized spacial score (nSPS) is 19.4. The molecule has 2 aliphatic heterocycles. The molecule has 1 aromatic heterocycles. The Kier molecular flexibility index (Phi) is 7.48. The number of carbonyl (C=O) groups excluding carboxylic acids is 2.